The van der Waals surface area contributed by atoms with E-state index in [4.69, 9.17) is 16.3 Å². The lowest BCUT2D eigenvalue weighted by atomic mass is 9.72. The van der Waals surface area contributed by atoms with Crippen molar-refractivity contribution in [3.63, 3.8) is 0 Å². The molecule has 1 aliphatic carbocycles. The highest BCUT2D eigenvalue weighted by atomic mass is 35.5. The van der Waals surface area contributed by atoms with Crippen LogP contribution in [-0.4, -0.2) is 35.4 Å². The Morgan fingerprint density at radius 3 is 2.24 bits per heavy atom. The van der Waals surface area contributed by atoms with Gasteiger partial charge in [-0.2, -0.15) is 13.2 Å². The van der Waals surface area contributed by atoms with Gasteiger partial charge < -0.3 is 15.2 Å². The number of hydrogen-bond acceptors (Lipinski definition) is 3. The van der Waals surface area contributed by atoms with Gasteiger partial charge in [-0.25, -0.2) is 4.39 Å². The molecule has 176 valence electrons. The zero-order chi connectivity index (χ0) is 24.2. The summed E-state index contributed by atoms with van der Waals surface area (Å²) in [7, 11) is 1.02. The normalized spacial score (nSPS) is 25.6. The minimum atomic E-state index is -4.56. The summed E-state index contributed by atoms with van der Waals surface area (Å²) in [5.41, 5.74) is -1.35. The van der Waals surface area contributed by atoms with E-state index in [9.17, 15) is 27.5 Å². The number of amides is 1. The van der Waals surface area contributed by atoms with Crippen molar-refractivity contribution >= 4 is 23.1 Å². The highest BCUT2D eigenvalue weighted by molar-refractivity contribution is 6.30. The first kappa shape index (κ1) is 23.6. The van der Waals surface area contributed by atoms with Crippen molar-refractivity contribution in [2.45, 2.75) is 49.9 Å². The summed E-state index contributed by atoms with van der Waals surface area (Å²) in [6.07, 6.45) is -5.60. The van der Waals surface area contributed by atoms with Crippen LogP contribution in [0.4, 0.5) is 17.6 Å². The van der Waals surface area contributed by atoms with Crippen molar-refractivity contribution in [3.05, 3.63) is 64.1 Å². The number of benzene rings is 2. The number of aryl methyl sites for hydroxylation is 1. The zero-order valence-corrected chi connectivity index (χ0v) is 18.7. The molecule has 0 radical (unpaired) electrons. The summed E-state index contributed by atoms with van der Waals surface area (Å²) in [6, 6.07) is 9.45. The number of ether oxygens (including phenoxy) is 1. The van der Waals surface area contributed by atoms with Gasteiger partial charge in [0.05, 0.1) is 16.1 Å². The predicted molar refractivity (Wildman–Crippen MR) is 116 cm³/mol. The standard InChI is InChI=1S/C24H22ClF4NO3/c1-13-3-4-14(15-5-6-17(25)18(26)12-15)11-16(13)19-20(31)22(30-21(19)32)7-9-23(33-2,10-8-22)24(27,28)29/h3-6,11-12,31H,7-10H2,1-2H3,(H,30,32)/t22-,23+. The average Bonchev–Trinajstić information content (AvgIpc) is 3.00. The Bertz CT molecular complexity index is 1150. The first-order valence-electron chi connectivity index (χ1n) is 10.4. The minimum absolute atomic E-state index is 0.0145. The Kier molecular flexibility index (Phi) is 5.73. The maximum Gasteiger partial charge on any atom is 0.417 e. The Morgan fingerprint density at radius 2 is 1.67 bits per heavy atom. The molecule has 1 aliphatic heterocycles. The number of rotatable bonds is 3. The third-order valence-electron chi connectivity index (χ3n) is 6.85. The van der Waals surface area contributed by atoms with Crippen LogP contribution in [-0.2, 0) is 9.53 Å². The van der Waals surface area contributed by atoms with Gasteiger partial charge in [-0.1, -0.05) is 29.8 Å². The van der Waals surface area contributed by atoms with Gasteiger partial charge in [0, 0.05) is 7.11 Å². The molecule has 0 atom stereocenters. The van der Waals surface area contributed by atoms with Gasteiger partial charge >= 0.3 is 6.18 Å². The molecule has 1 saturated carbocycles. The number of nitrogens with one attached hydrogen (secondary N) is 1. The second-order valence-electron chi connectivity index (χ2n) is 8.61. The molecule has 4 rings (SSSR count). The number of carbonyl (C=O) groups is 1. The summed E-state index contributed by atoms with van der Waals surface area (Å²) in [6.45, 7) is 1.75. The number of halogens is 5. The molecule has 2 aromatic rings. The van der Waals surface area contributed by atoms with Crippen molar-refractivity contribution in [2.24, 2.45) is 0 Å². The van der Waals surface area contributed by atoms with Crippen LogP contribution in [0.5, 0.6) is 0 Å². The Labute approximate surface area is 193 Å². The van der Waals surface area contributed by atoms with E-state index in [-0.39, 0.29) is 29.2 Å². The maximum absolute atomic E-state index is 13.9. The van der Waals surface area contributed by atoms with Crippen LogP contribution in [0, 0.1) is 12.7 Å². The van der Waals surface area contributed by atoms with E-state index in [2.05, 4.69) is 5.32 Å². The monoisotopic (exact) mass is 483 g/mol. The van der Waals surface area contributed by atoms with Crippen molar-refractivity contribution in [3.8, 4) is 11.1 Å². The fraction of sp³-hybridized carbons (Fsp3) is 0.375. The molecule has 0 aromatic heterocycles. The molecule has 33 heavy (non-hydrogen) atoms. The Balaban J connectivity index is 1.73. The van der Waals surface area contributed by atoms with Crippen LogP contribution in [0.2, 0.25) is 5.02 Å². The summed E-state index contributed by atoms with van der Waals surface area (Å²) in [5, 5.41) is 13.8. The van der Waals surface area contributed by atoms with E-state index < -0.39 is 41.9 Å². The number of carbonyl (C=O) groups excluding carboxylic acids is 1. The fourth-order valence-electron chi connectivity index (χ4n) is 4.73. The molecule has 2 N–H and O–H groups in total. The molecule has 0 bridgehead atoms. The molecular formula is C24H22ClF4NO3. The minimum Gasteiger partial charge on any atom is -0.509 e. The van der Waals surface area contributed by atoms with Crippen molar-refractivity contribution in [1.29, 1.82) is 0 Å². The SMILES string of the molecule is CO[C@]1(C(F)(F)F)CC[C@@]2(CC1)NC(=O)C(c1cc(-c3ccc(Cl)c(F)c3)ccc1C)=C2O. The van der Waals surface area contributed by atoms with Crippen LogP contribution in [0.15, 0.2) is 42.2 Å². The highest BCUT2D eigenvalue weighted by Gasteiger charge is 2.61. The smallest absolute Gasteiger partial charge is 0.417 e. The molecular weight excluding hydrogens is 462 g/mol. The first-order chi connectivity index (χ1) is 15.4. The summed E-state index contributed by atoms with van der Waals surface area (Å²) in [4.78, 5) is 12.9. The van der Waals surface area contributed by atoms with E-state index in [1.54, 1.807) is 31.2 Å². The number of alkyl halides is 3. The second kappa shape index (κ2) is 8.02. The van der Waals surface area contributed by atoms with E-state index in [1.807, 2.05) is 0 Å². The number of aliphatic hydroxyl groups is 1. The van der Waals surface area contributed by atoms with Crippen LogP contribution >= 0.6 is 11.6 Å². The number of aliphatic hydroxyl groups excluding tert-OH is 1. The highest BCUT2D eigenvalue weighted by Crippen LogP contribution is 2.50. The van der Waals surface area contributed by atoms with Gasteiger partial charge in [0.25, 0.3) is 5.91 Å². The summed E-state index contributed by atoms with van der Waals surface area (Å²) in [5.74, 6) is -1.43. The van der Waals surface area contributed by atoms with E-state index in [0.29, 0.717) is 22.3 Å². The number of hydrogen-bond donors (Lipinski definition) is 2. The fourth-order valence-corrected chi connectivity index (χ4v) is 4.85. The zero-order valence-electron chi connectivity index (χ0n) is 17.9. The van der Waals surface area contributed by atoms with E-state index in [1.165, 1.54) is 12.1 Å². The third kappa shape index (κ3) is 3.79. The lowest BCUT2D eigenvalue weighted by Gasteiger charge is -2.44. The van der Waals surface area contributed by atoms with Gasteiger partial charge in [0.1, 0.15) is 11.6 Å². The molecule has 1 spiro atoms. The van der Waals surface area contributed by atoms with Gasteiger partial charge in [0.15, 0.2) is 5.60 Å². The van der Waals surface area contributed by atoms with Crippen LogP contribution in [0.1, 0.15) is 36.8 Å². The molecule has 1 fully saturated rings. The first-order valence-corrected chi connectivity index (χ1v) is 10.8. The quantitative estimate of drug-likeness (QED) is 0.517. The molecule has 1 amide bonds. The molecule has 0 saturated heterocycles. The molecule has 2 aromatic carbocycles. The average molecular weight is 484 g/mol. The van der Waals surface area contributed by atoms with Crippen LogP contribution < -0.4 is 5.32 Å². The summed E-state index contributed by atoms with van der Waals surface area (Å²) >= 11 is 5.76. The number of methoxy groups -OCH3 is 1. The van der Waals surface area contributed by atoms with Crippen molar-refractivity contribution in [2.75, 3.05) is 7.11 Å². The van der Waals surface area contributed by atoms with Gasteiger partial charge in [-0.3, -0.25) is 4.79 Å². The predicted octanol–water partition coefficient (Wildman–Crippen LogP) is 6.11. The summed E-state index contributed by atoms with van der Waals surface area (Å²) < 4.78 is 59.5. The molecule has 1 heterocycles. The van der Waals surface area contributed by atoms with Crippen LogP contribution in [0.25, 0.3) is 16.7 Å². The topological polar surface area (TPSA) is 58.6 Å². The molecule has 2 aliphatic rings. The molecule has 0 unspecified atom stereocenters. The second-order valence-corrected chi connectivity index (χ2v) is 9.02. The molecule has 4 nitrogen and oxygen atoms in total. The Hall–Kier alpha value is -2.58. The van der Waals surface area contributed by atoms with Gasteiger partial charge in [-0.15, -0.1) is 0 Å². The van der Waals surface area contributed by atoms with E-state index in [0.717, 1.165) is 7.11 Å². The lowest BCUT2D eigenvalue weighted by Crippen LogP contribution is -2.57. The molecule has 9 heteroatoms. The largest absolute Gasteiger partial charge is 0.509 e. The van der Waals surface area contributed by atoms with Crippen LogP contribution in [0.3, 0.4) is 0 Å². The van der Waals surface area contributed by atoms with Crippen molar-refractivity contribution in [1.82, 2.24) is 5.32 Å². The van der Waals surface area contributed by atoms with Crippen molar-refractivity contribution < 1.29 is 32.2 Å². The third-order valence-corrected chi connectivity index (χ3v) is 7.15. The van der Waals surface area contributed by atoms with E-state index >= 15 is 0 Å². The van der Waals surface area contributed by atoms with Gasteiger partial charge in [-0.05, 0) is 73.1 Å². The van der Waals surface area contributed by atoms with Gasteiger partial charge in [0.2, 0.25) is 0 Å². The lowest BCUT2D eigenvalue weighted by molar-refractivity contribution is -0.282. The maximum atomic E-state index is 13.9. The Morgan fingerprint density at radius 1 is 1.06 bits per heavy atom.